The van der Waals surface area contributed by atoms with Crippen LogP contribution in [-0.2, 0) is 26.1 Å². The van der Waals surface area contributed by atoms with Gasteiger partial charge in [-0.1, -0.05) is 84.9 Å². The zero-order valence-electron chi connectivity index (χ0n) is 18.5. The average molecular weight is 438 g/mol. The Bertz CT molecular complexity index is 1180. The molecule has 0 amide bonds. The van der Waals surface area contributed by atoms with Crippen molar-refractivity contribution >= 4 is 0 Å². The van der Waals surface area contributed by atoms with Crippen LogP contribution in [0.3, 0.4) is 0 Å². The van der Waals surface area contributed by atoms with Crippen LogP contribution in [0.15, 0.2) is 97.1 Å². The molecule has 1 aromatic heterocycles. The van der Waals surface area contributed by atoms with Crippen LogP contribution in [0.5, 0.6) is 17.5 Å². The van der Waals surface area contributed by atoms with Crippen LogP contribution in [0, 0.1) is 0 Å². The molecule has 1 heterocycles. The summed E-state index contributed by atoms with van der Waals surface area (Å²) in [4.78, 5) is 4.64. The minimum absolute atomic E-state index is 0.0943. The predicted octanol–water partition coefficient (Wildman–Crippen LogP) is 6.18. The lowest BCUT2D eigenvalue weighted by Crippen LogP contribution is -2.25. The van der Waals surface area contributed by atoms with Crippen LogP contribution in [0.1, 0.15) is 28.7 Å². The molecule has 0 aliphatic heterocycles. The maximum atomic E-state index is 6.41. The Morgan fingerprint density at radius 2 is 1.30 bits per heavy atom. The fraction of sp³-hybridized carbons (Fsp3) is 0.207. The first-order valence-corrected chi connectivity index (χ1v) is 11.4. The highest BCUT2D eigenvalue weighted by Gasteiger charge is 2.22. The molecule has 0 bridgehead atoms. The summed E-state index contributed by atoms with van der Waals surface area (Å²) in [6.07, 6.45) is 2.98. The van der Waals surface area contributed by atoms with E-state index in [0.717, 1.165) is 30.4 Å². The maximum absolute atomic E-state index is 6.41. The van der Waals surface area contributed by atoms with E-state index in [4.69, 9.17) is 14.2 Å². The second-order valence-electron chi connectivity index (χ2n) is 8.25. The maximum Gasteiger partial charge on any atom is 0.260 e. The summed E-state index contributed by atoms with van der Waals surface area (Å²) in [5.74, 6) is 1.63. The Kier molecular flexibility index (Phi) is 6.53. The van der Waals surface area contributed by atoms with Crippen molar-refractivity contribution in [2.24, 2.45) is 0 Å². The molecule has 0 saturated heterocycles. The number of rotatable bonds is 8. The Morgan fingerprint density at radius 3 is 2.03 bits per heavy atom. The molecule has 0 radical (unpaired) electrons. The molecule has 1 atom stereocenters. The topological polar surface area (TPSA) is 40.6 Å². The summed E-state index contributed by atoms with van der Waals surface area (Å²) < 4.78 is 18.4. The van der Waals surface area contributed by atoms with Crippen molar-refractivity contribution < 1.29 is 14.2 Å². The van der Waals surface area contributed by atoms with Gasteiger partial charge in [0.1, 0.15) is 19.3 Å². The van der Waals surface area contributed by atoms with E-state index < -0.39 is 0 Å². The number of hydrogen-bond donors (Lipinski definition) is 0. The number of aryl methyl sites for hydroxylation is 1. The standard InChI is InChI=1S/C29H27NO3/c1-3-9-22(10-4-1)20-31-28-18-17-27(29(30-28)32-21-23-11-5-2-6-12-23)33-26-16-15-24-13-7-8-14-25(24)19-26/h1-14,17-18,26H,15-16,19-21H2. The zero-order valence-corrected chi connectivity index (χ0v) is 18.5. The molecule has 4 heteroatoms. The summed E-state index contributed by atoms with van der Waals surface area (Å²) >= 11 is 0. The first-order chi connectivity index (χ1) is 16.3. The highest BCUT2D eigenvalue weighted by molar-refractivity contribution is 5.38. The average Bonchev–Trinajstić information content (AvgIpc) is 2.88. The van der Waals surface area contributed by atoms with E-state index in [1.807, 2.05) is 72.8 Å². The third-order valence-electron chi connectivity index (χ3n) is 5.84. The number of pyridine rings is 1. The second-order valence-corrected chi connectivity index (χ2v) is 8.25. The van der Waals surface area contributed by atoms with Crippen LogP contribution in [0.2, 0.25) is 0 Å². The lowest BCUT2D eigenvalue weighted by Gasteiger charge is -2.26. The third kappa shape index (κ3) is 5.53. The van der Waals surface area contributed by atoms with E-state index in [-0.39, 0.29) is 6.10 Å². The van der Waals surface area contributed by atoms with Gasteiger partial charge in [0.15, 0.2) is 5.75 Å². The van der Waals surface area contributed by atoms with E-state index in [2.05, 4.69) is 29.2 Å². The highest BCUT2D eigenvalue weighted by Crippen LogP contribution is 2.32. The molecule has 1 aliphatic carbocycles. The van der Waals surface area contributed by atoms with Crippen LogP contribution < -0.4 is 14.2 Å². The normalized spacial score (nSPS) is 14.8. The Hall–Kier alpha value is -3.79. The highest BCUT2D eigenvalue weighted by atomic mass is 16.5. The van der Waals surface area contributed by atoms with Gasteiger partial charge in [-0.05, 0) is 41.2 Å². The van der Waals surface area contributed by atoms with Gasteiger partial charge in [-0.25, -0.2) is 0 Å². The molecule has 4 nitrogen and oxygen atoms in total. The van der Waals surface area contributed by atoms with Gasteiger partial charge in [-0.3, -0.25) is 0 Å². The quantitative estimate of drug-likeness (QED) is 0.330. The third-order valence-corrected chi connectivity index (χ3v) is 5.84. The summed E-state index contributed by atoms with van der Waals surface area (Å²) in [5, 5.41) is 0. The van der Waals surface area contributed by atoms with Gasteiger partial charge in [0.2, 0.25) is 5.88 Å². The van der Waals surface area contributed by atoms with Crippen molar-refractivity contribution in [3.05, 3.63) is 119 Å². The van der Waals surface area contributed by atoms with Crippen molar-refractivity contribution in [2.45, 2.75) is 38.6 Å². The number of nitrogens with zero attached hydrogens (tertiary/aromatic N) is 1. The monoisotopic (exact) mass is 437 g/mol. The van der Waals surface area contributed by atoms with Gasteiger partial charge >= 0.3 is 0 Å². The van der Waals surface area contributed by atoms with E-state index in [9.17, 15) is 0 Å². The summed E-state index contributed by atoms with van der Waals surface area (Å²) in [7, 11) is 0. The number of benzene rings is 3. The SMILES string of the molecule is c1ccc(COc2ccc(OC3CCc4ccccc4C3)c(OCc3ccccc3)n2)cc1. The molecule has 5 rings (SSSR count). The number of hydrogen-bond acceptors (Lipinski definition) is 4. The first kappa shape index (κ1) is 21.1. The van der Waals surface area contributed by atoms with Crippen molar-refractivity contribution in [2.75, 3.05) is 0 Å². The summed E-state index contributed by atoms with van der Waals surface area (Å²) in [6.45, 7) is 0.866. The summed E-state index contributed by atoms with van der Waals surface area (Å²) in [5.41, 5.74) is 4.94. The lowest BCUT2D eigenvalue weighted by molar-refractivity contribution is 0.168. The largest absolute Gasteiger partial charge is 0.484 e. The fourth-order valence-corrected chi connectivity index (χ4v) is 4.09. The number of aromatic nitrogens is 1. The van der Waals surface area contributed by atoms with Crippen LogP contribution >= 0.6 is 0 Å². The predicted molar refractivity (Wildman–Crippen MR) is 129 cm³/mol. The van der Waals surface area contributed by atoms with Gasteiger partial charge in [0.05, 0.1) is 0 Å². The van der Waals surface area contributed by atoms with Crippen LogP contribution in [-0.4, -0.2) is 11.1 Å². The Morgan fingerprint density at radius 1 is 0.667 bits per heavy atom. The summed E-state index contributed by atoms with van der Waals surface area (Å²) in [6, 6.07) is 32.5. The molecule has 4 aromatic rings. The fourth-order valence-electron chi connectivity index (χ4n) is 4.09. The molecule has 33 heavy (non-hydrogen) atoms. The van der Waals surface area contributed by atoms with Gasteiger partial charge in [0, 0.05) is 12.5 Å². The number of ether oxygens (including phenoxy) is 3. The molecule has 0 spiro atoms. The molecule has 1 unspecified atom stereocenters. The molecule has 0 N–H and O–H groups in total. The Balaban J connectivity index is 1.32. The first-order valence-electron chi connectivity index (χ1n) is 11.4. The molecule has 3 aromatic carbocycles. The van der Waals surface area contributed by atoms with Gasteiger partial charge in [0.25, 0.3) is 5.88 Å². The van der Waals surface area contributed by atoms with E-state index in [0.29, 0.717) is 30.7 Å². The van der Waals surface area contributed by atoms with Gasteiger partial charge in [-0.2, -0.15) is 4.98 Å². The van der Waals surface area contributed by atoms with Gasteiger partial charge in [-0.15, -0.1) is 0 Å². The van der Waals surface area contributed by atoms with Crippen molar-refractivity contribution in [3.8, 4) is 17.5 Å². The lowest BCUT2D eigenvalue weighted by atomic mass is 9.90. The number of fused-ring (bicyclic) bond motifs is 1. The van der Waals surface area contributed by atoms with E-state index in [1.165, 1.54) is 11.1 Å². The molecule has 0 saturated carbocycles. The molecular weight excluding hydrogens is 410 g/mol. The van der Waals surface area contributed by atoms with Crippen molar-refractivity contribution in [1.29, 1.82) is 0 Å². The minimum atomic E-state index is 0.0943. The molecular formula is C29H27NO3. The molecule has 166 valence electrons. The minimum Gasteiger partial charge on any atom is -0.484 e. The molecule has 1 aliphatic rings. The smallest absolute Gasteiger partial charge is 0.260 e. The van der Waals surface area contributed by atoms with Gasteiger partial charge < -0.3 is 14.2 Å². The van der Waals surface area contributed by atoms with E-state index >= 15 is 0 Å². The zero-order chi connectivity index (χ0) is 22.3. The van der Waals surface area contributed by atoms with Crippen LogP contribution in [0.25, 0.3) is 0 Å². The molecule has 0 fully saturated rings. The Labute approximate surface area is 194 Å². The van der Waals surface area contributed by atoms with Crippen molar-refractivity contribution in [3.63, 3.8) is 0 Å². The van der Waals surface area contributed by atoms with Crippen molar-refractivity contribution in [1.82, 2.24) is 4.98 Å². The van der Waals surface area contributed by atoms with Crippen LogP contribution in [0.4, 0.5) is 0 Å². The second kappa shape index (κ2) is 10.2. The van der Waals surface area contributed by atoms with E-state index in [1.54, 1.807) is 0 Å².